The third-order valence-corrected chi connectivity index (χ3v) is 4.44. The van der Waals surface area contributed by atoms with Crippen LogP contribution in [-0.4, -0.2) is 68.0 Å². The molecule has 124 valence electrons. The van der Waals surface area contributed by atoms with Crippen LogP contribution in [0.5, 0.6) is 5.75 Å². The summed E-state index contributed by atoms with van der Waals surface area (Å²) in [6, 6.07) is 7.38. The van der Waals surface area contributed by atoms with Crippen molar-refractivity contribution in [3.63, 3.8) is 0 Å². The summed E-state index contributed by atoms with van der Waals surface area (Å²) in [4.78, 5) is 29.7. The van der Waals surface area contributed by atoms with Crippen LogP contribution in [0.4, 0.5) is 5.69 Å². The smallest absolute Gasteiger partial charge is 0.260 e. The molecule has 0 saturated carbocycles. The van der Waals surface area contributed by atoms with Gasteiger partial charge in [-0.25, -0.2) is 0 Å². The first-order valence-corrected chi connectivity index (χ1v) is 8.13. The van der Waals surface area contributed by atoms with Crippen LogP contribution in [0, 0.1) is 0 Å². The number of carbonyl (C=O) groups is 2. The third-order valence-electron chi connectivity index (χ3n) is 4.44. The molecule has 0 spiro atoms. The molecule has 1 aromatic rings. The molecule has 1 aromatic carbocycles. The molecule has 0 bridgehead atoms. The third kappa shape index (κ3) is 3.82. The number of benzene rings is 1. The summed E-state index contributed by atoms with van der Waals surface area (Å²) in [7, 11) is 2.06. The van der Waals surface area contributed by atoms with Gasteiger partial charge in [-0.3, -0.25) is 9.59 Å². The largest absolute Gasteiger partial charge is 0.484 e. The average Bonchev–Trinajstić information content (AvgIpc) is 3.00. The summed E-state index contributed by atoms with van der Waals surface area (Å²) in [5, 5.41) is 0. The van der Waals surface area contributed by atoms with Crippen LogP contribution in [0.2, 0.25) is 0 Å². The summed E-state index contributed by atoms with van der Waals surface area (Å²) in [5.41, 5.74) is 0.894. The van der Waals surface area contributed by atoms with Crippen molar-refractivity contribution >= 4 is 17.5 Å². The summed E-state index contributed by atoms with van der Waals surface area (Å²) >= 11 is 0. The number of piperazine rings is 1. The number of likely N-dealkylation sites (N-methyl/N-ethyl adjacent to an activating group) is 1. The summed E-state index contributed by atoms with van der Waals surface area (Å²) in [6.45, 7) is 4.17. The molecule has 2 heterocycles. The van der Waals surface area contributed by atoms with E-state index in [9.17, 15) is 9.59 Å². The number of anilines is 1. The Morgan fingerprint density at radius 1 is 1.09 bits per heavy atom. The van der Waals surface area contributed by atoms with Crippen LogP contribution in [-0.2, 0) is 9.59 Å². The van der Waals surface area contributed by atoms with Gasteiger partial charge in [0.15, 0.2) is 6.61 Å². The van der Waals surface area contributed by atoms with Gasteiger partial charge in [0.2, 0.25) is 5.91 Å². The Bertz CT molecular complexity index is 565. The summed E-state index contributed by atoms with van der Waals surface area (Å²) in [6.07, 6.45) is 1.54. The zero-order valence-corrected chi connectivity index (χ0v) is 13.5. The number of carbonyl (C=O) groups excluding carboxylic acids is 2. The van der Waals surface area contributed by atoms with E-state index in [1.54, 1.807) is 4.90 Å². The minimum Gasteiger partial charge on any atom is -0.484 e. The maximum Gasteiger partial charge on any atom is 0.260 e. The van der Waals surface area contributed by atoms with Crippen molar-refractivity contribution in [2.24, 2.45) is 0 Å². The van der Waals surface area contributed by atoms with Gasteiger partial charge >= 0.3 is 0 Å². The molecule has 6 heteroatoms. The molecule has 2 fully saturated rings. The van der Waals surface area contributed by atoms with E-state index in [1.165, 1.54) is 0 Å². The van der Waals surface area contributed by atoms with Crippen LogP contribution in [0.15, 0.2) is 24.3 Å². The van der Waals surface area contributed by atoms with E-state index in [1.807, 2.05) is 29.2 Å². The van der Waals surface area contributed by atoms with Gasteiger partial charge in [-0.1, -0.05) is 0 Å². The van der Waals surface area contributed by atoms with Crippen LogP contribution in [0.25, 0.3) is 0 Å². The minimum atomic E-state index is 0.0249. The molecule has 0 N–H and O–H groups in total. The Morgan fingerprint density at radius 3 is 2.39 bits per heavy atom. The molecule has 2 aliphatic heterocycles. The highest BCUT2D eigenvalue weighted by Gasteiger charge is 2.22. The molecular weight excluding hydrogens is 294 g/mol. The monoisotopic (exact) mass is 317 g/mol. The number of hydrogen-bond donors (Lipinski definition) is 0. The normalized spacial score (nSPS) is 19.3. The molecule has 3 rings (SSSR count). The van der Waals surface area contributed by atoms with E-state index in [2.05, 4.69) is 11.9 Å². The van der Waals surface area contributed by atoms with Gasteiger partial charge in [0.25, 0.3) is 5.91 Å². The van der Waals surface area contributed by atoms with Crippen molar-refractivity contribution < 1.29 is 14.3 Å². The Morgan fingerprint density at radius 2 is 1.78 bits per heavy atom. The lowest BCUT2D eigenvalue weighted by Gasteiger charge is -2.32. The zero-order chi connectivity index (χ0) is 16.2. The van der Waals surface area contributed by atoms with E-state index in [0.29, 0.717) is 12.2 Å². The Hall–Kier alpha value is -2.08. The van der Waals surface area contributed by atoms with Crippen LogP contribution >= 0.6 is 0 Å². The molecule has 0 atom stereocenters. The van der Waals surface area contributed by atoms with E-state index in [-0.39, 0.29) is 18.4 Å². The van der Waals surface area contributed by atoms with Gasteiger partial charge in [0.05, 0.1) is 0 Å². The first kappa shape index (κ1) is 15.8. The van der Waals surface area contributed by atoms with E-state index < -0.39 is 0 Å². The zero-order valence-electron chi connectivity index (χ0n) is 13.5. The second-order valence-electron chi connectivity index (χ2n) is 6.12. The molecule has 0 radical (unpaired) electrons. The fourth-order valence-corrected chi connectivity index (χ4v) is 2.94. The molecule has 0 aromatic heterocycles. The van der Waals surface area contributed by atoms with Gasteiger partial charge in [0.1, 0.15) is 5.75 Å². The summed E-state index contributed by atoms with van der Waals surface area (Å²) in [5.74, 6) is 0.851. The highest BCUT2D eigenvalue weighted by Crippen LogP contribution is 2.23. The molecule has 6 nitrogen and oxygen atoms in total. The fourth-order valence-electron chi connectivity index (χ4n) is 2.94. The summed E-state index contributed by atoms with van der Waals surface area (Å²) < 4.78 is 5.58. The number of ether oxygens (including phenoxy) is 1. The lowest BCUT2D eigenvalue weighted by molar-refractivity contribution is -0.134. The van der Waals surface area contributed by atoms with Crippen LogP contribution < -0.4 is 9.64 Å². The molecule has 2 saturated heterocycles. The molecule has 23 heavy (non-hydrogen) atoms. The quantitative estimate of drug-likeness (QED) is 0.830. The fraction of sp³-hybridized carbons (Fsp3) is 0.529. The number of amides is 2. The minimum absolute atomic E-state index is 0.0249. The van der Waals surface area contributed by atoms with Gasteiger partial charge in [-0.05, 0) is 37.7 Å². The maximum absolute atomic E-state index is 12.1. The second-order valence-corrected chi connectivity index (χ2v) is 6.12. The van der Waals surface area contributed by atoms with Crippen molar-refractivity contribution in [3.8, 4) is 5.75 Å². The number of rotatable bonds is 4. The van der Waals surface area contributed by atoms with Gasteiger partial charge in [-0.15, -0.1) is 0 Å². The van der Waals surface area contributed by atoms with Crippen molar-refractivity contribution in [3.05, 3.63) is 24.3 Å². The standard InChI is InChI=1S/C17H23N3O3/c1-18-9-11-19(12-10-18)17(22)13-23-15-6-4-14(5-7-15)20-8-2-3-16(20)21/h4-7H,2-3,8-13H2,1H3. The average molecular weight is 317 g/mol. The van der Waals surface area contributed by atoms with Gasteiger partial charge in [-0.2, -0.15) is 0 Å². The molecule has 0 unspecified atom stereocenters. The molecule has 2 aliphatic rings. The predicted molar refractivity (Wildman–Crippen MR) is 87.6 cm³/mol. The molecule has 2 amide bonds. The van der Waals surface area contributed by atoms with Crippen LogP contribution in [0.3, 0.4) is 0 Å². The van der Waals surface area contributed by atoms with E-state index in [0.717, 1.165) is 44.8 Å². The lowest BCUT2D eigenvalue weighted by Crippen LogP contribution is -2.48. The van der Waals surface area contributed by atoms with E-state index in [4.69, 9.17) is 4.74 Å². The van der Waals surface area contributed by atoms with Crippen molar-refractivity contribution in [2.45, 2.75) is 12.8 Å². The Kier molecular flexibility index (Phi) is 4.81. The highest BCUT2D eigenvalue weighted by molar-refractivity contribution is 5.95. The lowest BCUT2D eigenvalue weighted by atomic mass is 10.3. The van der Waals surface area contributed by atoms with Crippen molar-refractivity contribution in [2.75, 3.05) is 51.3 Å². The van der Waals surface area contributed by atoms with Crippen molar-refractivity contribution in [1.29, 1.82) is 0 Å². The topological polar surface area (TPSA) is 53.1 Å². The first-order chi connectivity index (χ1) is 11.1. The number of nitrogens with zero attached hydrogens (tertiary/aromatic N) is 3. The van der Waals surface area contributed by atoms with E-state index >= 15 is 0 Å². The molecular formula is C17H23N3O3. The molecule has 0 aliphatic carbocycles. The van der Waals surface area contributed by atoms with Gasteiger partial charge < -0.3 is 19.4 Å². The highest BCUT2D eigenvalue weighted by atomic mass is 16.5. The Labute approximate surface area is 136 Å². The maximum atomic E-state index is 12.1. The number of hydrogen-bond acceptors (Lipinski definition) is 4. The van der Waals surface area contributed by atoms with Gasteiger partial charge in [0, 0.05) is 44.8 Å². The SMILES string of the molecule is CN1CCN(C(=O)COc2ccc(N3CCCC3=O)cc2)CC1. The Balaban J connectivity index is 1.50. The first-order valence-electron chi connectivity index (χ1n) is 8.13. The van der Waals surface area contributed by atoms with Crippen molar-refractivity contribution in [1.82, 2.24) is 9.80 Å². The van der Waals surface area contributed by atoms with Crippen LogP contribution in [0.1, 0.15) is 12.8 Å². The second kappa shape index (κ2) is 7.00. The predicted octanol–water partition coefficient (Wildman–Crippen LogP) is 0.966.